The smallest absolute Gasteiger partial charge is 0.0712 e. The van der Waals surface area contributed by atoms with Gasteiger partial charge in [0.15, 0.2) is 0 Å². The molecule has 0 fully saturated rings. The third kappa shape index (κ3) is 1.29. The summed E-state index contributed by atoms with van der Waals surface area (Å²) in [4.78, 5) is 6.95. The Kier molecular flexibility index (Phi) is 1.93. The Balaban J connectivity index is 2.35. The molecule has 0 atom stereocenters. The molecule has 2 nitrogen and oxygen atoms in total. The fourth-order valence-electron chi connectivity index (χ4n) is 2.61. The van der Waals surface area contributed by atoms with Crippen LogP contribution >= 0.6 is 0 Å². The number of hydrogen-bond acceptors (Lipinski definition) is 2. The van der Waals surface area contributed by atoms with E-state index in [1.54, 1.807) is 0 Å². The van der Waals surface area contributed by atoms with E-state index in [4.69, 9.17) is 0 Å². The van der Waals surface area contributed by atoms with Gasteiger partial charge in [-0.05, 0) is 49.6 Å². The van der Waals surface area contributed by atoms with Crippen LogP contribution in [0.15, 0.2) is 18.2 Å². The summed E-state index contributed by atoms with van der Waals surface area (Å²) in [5.41, 5.74) is 6.39. The summed E-state index contributed by atoms with van der Waals surface area (Å²) in [6.07, 6.45) is 1.15. The summed E-state index contributed by atoms with van der Waals surface area (Å²) in [6.45, 7) is 5.35. The molecular formula is C14H16N2. The average Bonchev–Trinajstić information content (AvgIpc) is 2.57. The molecular weight excluding hydrogens is 196 g/mol. The Morgan fingerprint density at radius 3 is 2.81 bits per heavy atom. The molecule has 0 radical (unpaired) electrons. The Morgan fingerprint density at radius 2 is 2.00 bits per heavy atom. The highest BCUT2D eigenvalue weighted by atomic mass is 15.1. The third-order valence-electron chi connectivity index (χ3n) is 3.47. The van der Waals surface area contributed by atoms with E-state index in [1.165, 1.54) is 22.2 Å². The summed E-state index contributed by atoms with van der Waals surface area (Å²) >= 11 is 0. The van der Waals surface area contributed by atoms with Crippen LogP contribution in [0.5, 0.6) is 0 Å². The monoisotopic (exact) mass is 212 g/mol. The molecule has 1 aromatic carbocycles. The quantitative estimate of drug-likeness (QED) is 0.667. The molecule has 1 aliphatic heterocycles. The van der Waals surface area contributed by atoms with Gasteiger partial charge in [0.05, 0.1) is 5.52 Å². The lowest BCUT2D eigenvalue weighted by Crippen LogP contribution is -2.12. The fraction of sp³-hybridized carbons (Fsp3) is 0.357. The molecule has 0 N–H and O–H groups in total. The molecule has 0 spiro atoms. The predicted molar refractivity (Wildman–Crippen MR) is 68.2 cm³/mol. The number of aryl methyl sites for hydroxylation is 2. The number of anilines is 1. The van der Waals surface area contributed by atoms with E-state index in [1.807, 2.05) is 0 Å². The maximum Gasteiger partial charge on any atom is 0.0712 e. The molecule has 0 saturated carbocycles. The van der Waals surface area contributed by atoms with Crippen LogP contribution in [0.25, 0.3) is 10.9 Å². The van der Waals surface area contributed by atoms with Gasteiger partial charge in [0.2, 0.25) is 0 Å². The van der Waals surface area contributed by atoms with Crippen molar-refractivity contribution in [3.63, 3.8) is 0 Å². The van der Waals surface area contributed by atoms with Crippen LogP contribution in [-0.2, 0) is 6.42 Å². The maximum atomic E-state index is 4.62. The number of likely N-dealkylation sites (N-methyl/N-ethyl adjacent to an activating group) is 1. The first kappa shape index (κ1) is 9.64. The van der Waals surface area contributed by atoms with Crippen LogP contribution in [-0.4, -0.2) is 18.6 Å². The lowest BCUT2D eigenvalue weighted by atomic mass is 10.0. The Bertz CT molecular complexity index is 572. The SMILES string of the molecule is Cc1cc(C)c2cc3c(cc2n1)CCN3C. The van der Waals surface area contributed by atoms with E-state index in [9.17, 15) is 0 Å². The van der Waals surface area contributed by atoms with Crippen LogP contribution in [0.4, 0.5) is 5.69 Å². The van der Waals surface area contributed by atoms with E-state index in [0.717, 1.165) is 24.2 Å². The van der Waals surface area contributed by atoms with E-state index >= 15 is 0 Å². The Hall–Kier alpha value is -1.57. The van der Waals surface area contributed by atoms with Crippen molar-refractivity contribution in [2.75, 3.05) is 18.5 Å². The molecule has 2 heteroatoms. The zero-order valence-electron chi connectivity index (χ0n) is 10.0. The molecule has 1 aromatic heterocycles. The van der Waals surface area contributed by atoms with Crippen molar-refractivity contribution in [1.29, 1.82) is 0 Å². The first-order valence-electron chi connectivity index (χ1n) is 5.77. The summed E-state index contributed by atoms with van der Waals surface area (Å²) in [7, 11) is 2.16. The fourth-order valence-corrected chi connectivity index (χ4v) is 2.61. The van der Waals surface area contributed by atoms with Gasteiger partial charge >= 0.3 is 0 Å². The van der Waals surface area contributed by atoms with Gasteiger partial charge in [-0.15, -0.1) is 0 Å². The summed E-state index contributed by atoms with van der Waals surface area (Å²) in [5.74, 6) is 0. The second kappa shape index (κ2) is 3.21. The van der Waals surface area contributed by atoms with Gasteiger partial charge in [0, 0.05) is 30.4 Å². The molecule has 0 aliphatic carbocycles. The molecule has 1 aliphatic rings. The van der Waals surface area contributed by atoms with Gasteiger partial charge in [0.25, 0.3) is 0 Å². The van der Waals surface area contributed by atoms with Gasteiger partial charge in [0.1, 0.15) is 0 Å². The lowest BCUT2D eigenvalue weighted by molar-refractivity contribution is 0.956. The van der Waals surface area contributed by atoms with Crippen molar-refractivity contribution in [3.8, 4) is 0 Å². The van der Waals surface area contributed by atoms with Crippen LogP contribution in [0.1, 0.15) is 16.8 Å². The third-order valence-corrected chi connectivity index (χ3v) is 3.47. The maximum absolute atomic E-state index is 4.62. The Morgan fingerprint density at radius 1 is 1.19 bits per heavy atom. The van der Waals surface area contributed by atoms with Crippen molar-refractivity contribution in [2.24, 2.45) is 0 Å². The van der Waals surface area contributed by atoms with Gasteiger partial charge in [-0.3, -0.25) is 4.98 Å². The zero-order chi connectivity index (χ0) is 11.3. The molecule has 0 saturated heterocycles. The van der Waals surface area contributed by atoms with Crippen LogP contribution in [0, 0.1) is 13.8 Å². The first-order chi connectivity index (χ1) is 7.65. The molecule has 0 unspecified atom stereocenters. The van der Waals surface area contributed by atoms with Crippen LogP contribution < -0.4 is 4.90 Å². The van der Waals surface area contributed by atoms with Crippen LogP contribution in [0.3, 0.4) is 0 Å². The second-order valence-electron chi connectivity index (χ2n) is 4.75. The standard InChI is InChI=1S/C14H16N2/c1-9-6-10(2)15-13-7-11-4-5-16(3)14(11)8-12(9)13/h6-8H,4-5H2,1-3H3. The normalized spacial score (nSPS) is 14.6. The van der Waals surface area contributed by atoms with Gasteiger partial charge < -0.3 is 4.90 Å². The molecule has 16 heavy (non-hydrogen) atoms. The molecule has 0 amide bonds. The highest BCUT2D eigenvalue weighted by molar-refractivity contribution is 5.88. The number of nitrogens with zero attached hydrogens (tertiary/aromatic N) is 2. The van der Waals surface area contributed by atoms with Gasteiger partial charge in [-0.25, -0.2) is 0 Å². The van der Waals surface area contributed by atoms with E-state index in [0.29, 0.717) is 0 Å². The number of rotatable bonds is 0. The topological polar surface area (TPSA) is 16.1 Å². The molecule has 0 bridgehead atoms. The minimum absolute atomic E-state index is 1.11. The number of pyridine rings is 1. The predicted octanol–water partition coefficient (Wildman–Crippen LogP) is 2.84. The van der Waals surface area contributed by atoms with Crippen molar-refractivity contribution in [2.45, 2.75) is 20.3 Å². The van der Waals surface area contributed by atoms with Crippen molar-refractivity contribution in [3.05, 3.63) is 35.0 Å². The van der Waals surface area contributed by atoms with E-state index < -0.39 is 0 Å². The van der Waals surface area contributed by atoms with Crippen molar-refractivity contribution in [1.82, 2.24) is 4.98 Å². The highest BCUT2D eigenvalue weighted by Crippen LogP contribution is 2.32. The average molecular weight is 212 g/mol. The minimum atomic E-state index is 1.11. The molecule has 2 heterocycles. The molecule has 82 valence electrons. The minimum Gasteiger partial charge on any atom is -0.374 e. The number of aromatic nitrogens is 1. The summed E-state index contributed by atoms with van der Waals surface area (Å²) < 4.78 is 0. The van der Waals surface area contributed by atoms with Crippen molar-refractivity contribution >= 4 is 16.6 Å². The second-order valence-corrected chi connectivity index (χ2v) is 4.75. The summed E-state index contributed by atoms with van der Waals surface area (Å²) in [6, 6.07) is 6.71. The molecule has 2 aromatic rings. The zero-order valence-corrected chi connectivity index (χ0v) is 10.0. The highest BCUT2D eigenvalue weighted by Gasteiger charge is 2.17. The Labute approximate surface area is 95.9 Å². The van der Waals surface area contributed by atoms with E-state index in [2.05, 4.69) is 49.0 Å². The van der Waals surface area contributed by atoms with Gasteiger partial charge in [-0.1, -0.05) is 0 Å². The first-order valence-corrected chi connectivity index (χ1v) is 5.77. The summed E-state index contributed by atoms with van der Waals surface area (Å²) in [5, 5.41) is 1.29. The lowest BCUT2D eigenvalue weighted by Gasteiger charge is -2.13. The van der Waals surface area contributed by atoms with Crippen LogP contribution in [0.2, 0.25) is 0 Å². The van der Waals surface area contributed by atoms with Crippen molar-refractivity contribution < 1.29 is 0 Å². The van der Waals surface area contributed by atoms with Gasteiger partial charge in [-0.2, -0.15) is 0 Å². The van der Waals surface area contributed by atoms with E-state index in [-0.39, 0.29) is 0 Å². The number of fused-ring (bicyclic) bond motifs is 2. The number of hydrogen-bond donors (Lipinski definition) is 0. The number of benzene rings is 1. The largest absolute Gasteiger partial charge is 0.374 e. The molecule has 3 rings (SSSR count).